The summed E-state index contributed by atoms with van der Waals surface area (Å²) < 4.78 is 5.61. The number of rotatable bonds is 3. The van der Waals surface area contributed by atoms with Crippen molar-refractivity contribution < 1.29 is 4.42 Å². The van der Waals surface area contributed by atoms with E-state index in [9.17, 15) is 0 Å². The quantitative estimate of drug-likeness (QED) is 0.848. The lowest BCUT2D eigenvalue weighted by molar-refractivity contribution is 0.441. The van der Waals surface area contributed by atoms with Crippen molar-refractivity contribution in [3.8, 4) is 0 Å². The second kappa shape index (κ2) is 4.41. The van der Waals surface area contributed by atoms with E-state index in [0.717, 1.165) is 6.42 Å². The summed E-state index contributed by atoms with van der Waals surface area (Å²) in [7, 11) is 0. The maximum atomic E-state index is 5.71. The van der Waals surface area contributed by atoms with Gasteiger partial charge in [0.1, 0.15) is 0 Å². The molecule has 1 fully saturated rings. The molecule has 0 radical (unpaired) electrons. The minimum absolute atomic E-state index is 0.195. The van der Waals surface area contributed by atoms with Gasteiger partial charge in [-0.15, -0.1) is 5.10 Å². The Morgan fingerprint density at radius 1 is 1.50 bits per heavy atom. The number of nitrogens with zero attached hydrogens (tertiary/aromatic N) is 3. The fourth-order valence-corrected chi connectivity index (χ4v) is 2.33. The lowest BCUT2D eigenvalue weighted by atomic mass is 10.2. The van der Waals surface area contributed by atoms with Crippen molar-refractivity contribution >= 4 is 6.01 Å². The Morgan fingerprint density at radius 2 is 2.25 bits per heavy atom. The van der Waals surface area contributed by atoms with Crippen LogP contribution in [0, 0.1) is 0 Å². The molecule has 5 nitrogen and oxygen atoms in total. The van der Waals surface area contributed by atoms with Gasteiger partial charge in [0.2, 0.25) is 5.89 Å². The van der Waals surface area contributed by atoms with E-state index in [-0.39, 0.29) is 6.04 Å². The summed E-state index contributed by atoms with van der Waals surface area (Å²) in [5, 5.41) is 8.08. The van der Waals surface area contributed by atoms with Crippen LogP contribution in [-0.2, 0) is 0 Å². The van der Waals surface area contributed by atoms with Gasteiger partial charge in [0.25, 0.3) is 0 Å². The third kappa shape index (κ3) is 1.91. The van der Waals surface area contributed by atoms with Crippen LogP contribution in [0.25, 0.3) is 0 Å². The van der Waals surface area contributed by atoms with E-state index >= 15 is 0 Å². The third-order valence-corrected chi connectivity index (χ3v) is 3.30. The Kier molecular flexibility index (Phi) is 3.14. The maximum Gasteiger partial charge on any atom is 0.318 e. The normalized spacial score (nSPS) is 27.4. The summed E-state index contributed by atoms with van der Waals surface area (Å²) in [6.07, 6.45) is 3.50. The van der Waals surface area contributed by atoms with Crippen LogP contribution in [0.1, 0.15) is 52.0 Å². The van der Waals surface area contributed by atoms with Crippen LogP contribution in [0.4, 0.5) is 6.01 Å². The number of aromatic nitrogens is 2. The minimum atomic E-state index is -0.195. The molecule has 16 heavy (non-hydrogen) atoms. The van der Waals surface area contributed by atoms with Gasteiger partial charge >= 0.3 is 6.01 Å². The van der Waals surface area contributed by atoms with Crippen LogP contribution in [0.3, 0.4) is 0 Å². The molecule has 0 saturated carbocycles. The van der Waals surface area contributed by atoms with Crippen molar-refractivity contribution in [2.24, 2.45) is 5.73 Å². The zero-order chi connectivity index (χ0) is 11.7. The van der Waals surface area contributed by atoms with E-state index in [1.54, 1.807) is 0 Å². The van der Waals surface area contributed by atoms with Crippen molar-refractivity contribution in [3.63, 3.8) is 0 Å². The van der Waals surface area contributed by atoms with Crippen molar-refractivity contribution in [3.05, 3.63) is 5.89 Å². The van der Waals surface area contributed by atoms with Gasteiger partial charge in [-0.2, -0.15) is 0 Å². The Hall–Kier alpha value is -1.10. The van der Waals surface area contributed by atoms with Crippen LogP contribution in [0.2, 0.25) is 0 Å². The average molecular weight is 224 g/mol. The standard InChI is InChI=1S/C11H20N4O/c1-4-9-6-5-7(2)15(9)11-14-13-10(16-11)8(3)12/h7-9H,4-6,12H2,1-3H3. The Bertz CT molecular complexity index is 350. The lowest BCUT2D eigenvalue weighted by Gasteiger charge is -2.25. The fourth-order valence-electron chi connectivity index (χ4n) is 2.33. The first kappa shape index (κ1) is 11.4. The molecule has 1 aromatic rings. The van der Waals surface area contributed by atoms with Gasteiger partial charge in [-0.05, 0) is 33.1 Å². The largest absolute Gasteiger partial charge is 0.406 e. The van der Waals surface area contributed by atoms with Crippen LogP contribution in [0.15, 0.2) is 4.42 Å². The number of anilines is 1. The molecule has 2 rings (SSSR count). The van der Waals surface area contributed by atoms with E-state index in [1.165, 1.54) is 12.8 Å². The summed E-state index contributed by atoms with van der Waals surface area (Å²) in [5.41, 5.74) is 5.71. The highest BCUT2D eigenvalue weighted by molar-refractivity contribution is 5.31. The van der Waals surface area contributed by atoms with Gasteiger partial charge in [0.15, 0.2) is 0 Å². The Balaban J connectivity index is 2.21. The van der Waals surface area contributed by atoms with Crippen LogP contribution in [0.5, 0.6) is 0 Å². The molecule has 3 atom stereocenters. The first-order chi connectivity index (χ1) is 7.63. The highest BCUT2D eigenvalue weighted by atomic mass is 16.4. The molecule has 2 N–H and O–H groups in total. The first-order valence-electron chi connectivity index (χ1n) is 6.00. The molecular formula is C11H20N4O. The monoisotopic (exact) mass is 224 g/mol. The molecule has 0 spiro atoms. The molecule has 1 aromatic heterocycles. The second-order valence-electron chi connectivity index (χ2n) is 4.61. The second-order valence-corrected chi connectivity index (χ2v) is 4.61. The fraction of sp³-hybridized carbons (Fsp3) is 0.818. The molecule has 0 aliphatic carbocycles. The van der Waals surface area contributed by atoms with Crippen molar-refractivity contribution in [1.82, 2.24) is 10.2 Å². The molecule has 0 bridgehead atoms. The molecule has 90 valence electrons. The van der Waals surface area contributed by atoms with Crippen LogP contribution in [-0.4, -0.2) is 22.3 Å². The van der Waals surface area contributed by atoms with Gasteiger partial charge in [-0.1, -0.05) is 12.0 Å². The molecule has 1 saturated heterocycles. The molecular weight excluding hydrogens is 204 g/mol. The summed E-state index contributed by atoms with van der Waals surface area (Å²) in [4.78, 5) is 2.24. The number of hydrogen-bond acceptors (Lipinski definition) is 5. The SMILES string of the molecule is CCC1CCC(C)N1c1nnc(C(C)N)o1. The smallest absolute Gasteiger partial charge is 0.318 e. The highest BCUT2D eigenvalue weighted by Gasteiger charge is 2.33. The molecule has 2 heterocycles. The van der Waals surface area contributed by atoms with Gasteiger partial charge < -0.3 is 15.1 Å². The van der Waals surface area contributed by atoms with E-state index < -0.39 is 0 Å². The van der Waals surface area contributed by atoms with Gasteiger partial charge in [-0.3, -0.25) is 0 Å². The third-order valence-electron chi connectivity index (χ3n) is 3.30. The average Bonchev–Trinajstić information content (AvgIpc) is 2.83. The molecule has 0 amide bonds. The first-order valence-corrected chi connectivity index (χ1v) is 6.00. The van der Waals surface area contributed by atoms with E-state index in [4.69, 9.17) is 10.2 Å². The topological polar surface area (TPSA) is 68.2 Å². The van der Waals surface area contributed by atoms with E-state index in [0.29, 0.717) is 24.0 Å². The van der Waals surface area contributed by atoms with E-state index in [2.05, 4.69) is 28.9 Å². The minimum Gasteiger partial charge on any atom is -0.406 e. The van der Waals surface area contributed by atoms with Crippen LogP contribution < -0.4 is 10.6 Å². The lowest BCUT2D eigenvalue weighted by Crippen LogP contribution is -2.34. The maximum absolute atomic E-state index is 5.71. The summed E-state index contributed by atoms with van der Waals surface area (Å²) in [6.45, 7) is 6.24. The van der Waals surface area contributed by atoms with Gasteiger partial charge in [-0.25, -0.2) is 0 Å². The molecule has 1 aliphatic heterocycles. The van der Waals surface area contributed by atoms with Gasteiger partial charge in [0, 0.05) is 12.1 Å². The highest BCUT2D eigenvalue weighted by Crippen LogP contribution is 2.31. The predicted octanol–water partition coefficient (Wildman–Crippen LogP) is 1.86. The molecule has 1 aliphatic rings. The van der Waals surface area contributed by atoms with Crippen molar-refractivity contribution in [2.75, 3.05) is 4.90 Å². The zero-order valence-electron chi connectivity index (χ0n) is 10.2. The summed E-state index contributed by atoms with van der Waals surface area (Å²) in [6, 6.07) is 1.44. The van der Waals surface area contributed by atoms with E-state index in [1.807, 2.05) is 6.92 Å². The Labute approximate surface area is 96.0 Å². The van der Waals surface area contributed by atoms with Crippen molar-refractivity contribution in [2.45, 2.75) is 58.2 Å². The summed E-state index contributed by atoms with van der Waals surface area (Å²) >= 11 is 0. The molecule has 5 heteroatoms. The van der Waals surface area contributed by atoms with Gasteiger partial charge in [0.05, 0.1) is 6.04 Å². The predicted molar refractivity (Wildman–Crippen MR) is 62.2 cm³/mol. The van der Waals surface area contributed by atoms with Crippen molar-refractivity contribution in [1.29, 1.82) is 0 Å². The number of hydrogen-bond donors (Lipinski definition) is 1. The Morgan fingerprint density at radius 3 is 2.81 bits per heavy atom. The molecule has 3 unspecified atom stereocenters. The summed E-state index contributed by atoms with van der Waals surface area (Å²) in [5.74, 6) is 0.518. The van der Waals surface area contributed by atoms with Crippen LogP contribution >= 0.6 is 0 Å². The number of nitrogens with two attached hydrogens (primary N) is 1. The molecule has 0 aromatic carbocycles. The zero-order valence-corrected chi connectivity index (χ0v) is 10.2.